The number of rotatable bonds is 5. The summed E-state index contributed by atoms with van der Waals surface area (Å²) in [5.74, 6) is 0. The van der Waals surface area contributed by atoms with Gasteiger partial charge in [0.15, 0.2) is 0 Å². The summed E-state index contributed by atoms with van der Waals surface area (Å²) in [4.78, 5) is 11.2. The monoisotopic (exact) mass is 256 g/mol. The number of benzene rings is 2. The topological polar surface area (TPSA) is 20.2 Å². The molecule has 0 spiro atoms. The molecule has 0 aromatic heterocycles. The smallest absolute Gasteiger partial charge is 0.252 e. The van der Waals surface area contributed by atoms with E-state index in [0.717, 1.165) is 29.3 Å². The Morgan fingerprint density at radius 3 is 1.67 bits per heavy atom. The van der Waals surface area contributed by atoms with Gasteiger partial charge >= 0.3 is 0 Å². The molecule has 94 valence electrons. The molecule has 2 heteroatoms. The Balaban J connectivity index is 2.41. The lowest BCUT2D eigenvalue weighted by molar-refractivity contribution is 0.559. The Morgan fingerprint density at radius 2 is 1.28 bits per heavy atom. The standard InChI is InChI=1S/C16H20OSi/c1-2-3-14-18(17,15-10-6-4-7-11-15)16-12-8-5-9-13-16/h4-13,17H,2-3,14H2,1H3. The van der Waals surface area contributed by atoms with E-state index in [1.807, 2.05) is 36.4 Å². The lowest BCUT2D eigenvalue weighted by Gasteiger charge is -2.26. The molecule has 0 fully saturated rings. The van der Waals surface area contributed by atoms with E-state index in [9.17, 15) is 4.80 Å². The van der Waals surface area contributed by atoms with Crippen molar-refractivity contribution in [2.45, 2.75) is 25.8 Å². The summed E-state index contributed by atoms with van der Waals surface area (Å²) in [6.45, 7) is 2.17. The van der Waals surface area contributed by atoms with Crippen LogP contribution in [0, 0.1) is 0 Å². The van der Waals surface area contributed by atoms with Gasteiger partial charge in [-0.2, -0.15) is 0 Å². The zero-order valence-electron chi connectivity index (χ0n) is 10.8. The van der Waals surface area contributed by atoms with Crippen molar-refractivity contribution in [2.75, 3.05) is 0 Å². The van der Waals surface area contributed by atoms with Crippen LogP contribution in [0.3, 0.4) is 0 Å². The molecule has 2 aromatic rings. The lowest BCUT2D eigenvalue weighted by atomic mass is 10.4. The second-order valence-corrected chi connectivity index (χ2v) is 8.07. The molecule has 0 bridgehead atoms. The van der Waals surface area contributed by atoms with E-state index >= 15 is 0 Å². The molecule has 0 saturated heterocycles. The van der Waals surface area contributed by atoms with Crippen LogP contribution in [0.4, 0.5) is 0 Å². The first-order valence-corrected chi connectivity index (χ1v) is 8.76. The Bertz CT molecular complexity index is 427. The fourth-order valence-corrected chi connectivity index (χ4v) is 5.58. The fraction of sp³-hybridized carbons (Fsp3) is 0.250. The van der Waals surface area contributed by atoms with Crippen LogP contribution >= 0.6 is 0 Å². The lowest BCUT2D eigenvalue weighted by Crippen LogP contribution is -2.58. The average Bonchev–Trinajstić information content (AvgIpc) is 2.46. The first-order valence-electron chi connectivity index (χ1n) is 6.61. The molecule has 0 radical (unpaired) electrons. The van der Waals surface area contributed by atoms with Gasteiger partial charge < -0.3 is 4.80 Å². The van der Waals surface area contributed by atoms with Gasteiger partial charge in [-0.05, 0) is 16.4 Å². The van der Waals surface area contributed by atoms with Crippen molar-refractivity contribution in [3.05, 3.63) is 60.7 Å². The molecule has 0 unspecified atom stereocenters. The third-order valence-corrected chi connectivity index (χ3v) is 7.05. The van der Waals surface area contributed by atoms with Crippen molar-refractivity contribution in [1.29, 1.82) is 0 Å². The Morgan fingerprint density at radius 1 is 0.833 bits per heavy atom. The van der Waals surface area contributed by atoms with Crippen LogP contribution in [-0.2, 0) is 0 Å². The van der Waals surface area contributed by atoms with E-state index < -0.39 is 8.32 Å². The minimum atomic E-state index is -2.52. The predicted octanol–water partition coefficient (Wildman–Crippen LogP) is 2.54. The van der Waals surface area contributed by atoms with Gasteiger partial charge in [-0.1, -0.05) is 80.4 Å². The number of unbranched alkanes of at least 4 members (excludes halogenated alkanes) is 1. The Hall–Kier alpha value is -1.38. The molecule has 0 saturated carbocycles. The number of hydrogen-bond acceptors (Lipinski definition) is 1. The van der Waals surface area contributed by atoms with Crippen molar-refractivity contribution in [2.24, 2.45) is 0 Å². The highest BCUT2D eigenvalue weighted by atomic mass is 28.4. The third kappa shape index (κ3) is 2.71. The molecular formula is C16H20OSi. The van der Waals surface area contributed by atoms with Crippen LogP contribution in [0.2, 0.25) is 6.04 Å². The third-order valence-electron chi connectivity index (χ3n) is 3.39. The van der Waals surface area contributed by atoms with E-state index in [1.54, 1.807) is 0 Å². The molecule has 18 heavy (non-hydrogen) atoms. The van der Waals surface area contributed by atoms with Crippen molar-refractivity contribution in [1.82, 2.24) is 0 Å². The average molecular weight is 256 g/mol. The largest absolute Gasteiger partial charge is 0.424 e. The van der Waals surface area contributed by atoms with E-state index in [0.29, 0.717) is 0 Å². The summed E-state index contributed by atoms with van der Waals surface area (Å²) in [5, 5.41) is 2.23. The van der Waals surface area contributed by atoms with Crippen molar-refractivity contribution in [3.8, 4) is 0 Å². The van der Waals surface area contributed by atoms with Gasteiger partial charge in [-0.3, -0.25) is 0 Å². The van der Waals surface area contributed by atoms with Gasteiger partial charge in [0.2, 0.25) is 0 Å². The van der Waals surface area contributed by atoms with Crippen molar-refractivity contribution < 1.29 is 4.80 Å². The highest BCUT2D eigenvalue weighted by Gasteiger charge is 2.34. The van der Waals surface area contributed by atoms with Crippen molar-refractivity contribution in [3.63, 3.8) is 0 Å². The molecule has 0 atom stereocenters. The maximum absolute atomic E-state index is 11.2. The molecule has 0 amide bonds. The quantitative estimate of drug-likeness (QED) is 0.815. The molecule has 2 aromatic carbocycles. The minimum Gasteiger partial charge on any atom is -0.424 e. The highest BCUT2D eigenvalue weighted by Crippen LogP contribution is 2.12. The van der Waals surface area contributed by atoms with Crippen LogP contribution in [0.15, 0.2) is 60.7 Å². The normalized spacial score (nSPS) is 11.4. The highest BCUT2D eigenvalue weighted by molar-refractivity contribution is 6.96. The zero-order valence-corrected chi connectivity index (χ0v) is 11.8. The van der Waals surface area contributed by atoms with Crippen LogP contribution in [0.5, 0.6) is 0 Å². The van der Waals surface area contributed by atoms with Gasteiger partial charge in [-0.25, -0.2) is 0 Å². The molecule has 0 heterocycles. The minimum absolute atomic E-state index is 0.900. The second kappa shape index (κ2) is 5.98. The van der Waals surface area contributed by atoms with Crippen LogP contribution in [0.25, 0.3) is 0 Å². The molecule has 2 rings (SSSR count). The maximum atomic E-state index is 11.2. The van der Waals surface area contributed by atoms with Crippen molar-refractivity contribution >= 4 is 18.7 Å². The van der Waals surface area contributed by atoms with E-state index in [2.05, 4.69) is 31.2 Å². The molecule has 0 aliphatic rings. The molecular weight excluding hydrogens is 236 g/mol. The molecule has 0 aliphatic carbocycles. The zero-order chi connectivity index (χ0) is 12.8. The van der Waals surface area contributed by atoms with E-state index in [1.165, 1.54) is 0 Å². The second-order valence-electron chi connectivity index (χ2n) is 4.70. The van der Waals surface area contributed by atoms with E-state index in [4.69, 9.17) is 0 Å². The van der Waals surface area contributed by atoms with Gasteiger partial charge in [0.1, 0.15) is 0 Å². The number of hydrogen-bond donors (Lipinski definition) is 1. The van der Waals surface area contributed by atoms with Gasteiger partial charge in [0.05, 0.1) is 0 Å². The maximum Gasteiger partial charge on any atom is 0.252 e. The Kier molecular flexibility index (Phi) is 4.34. The van der Waals surface area contributed by atoms with Gasteiger partial charge in [0, 0.05) is 0 Å². The molecule has 0 aliphatic heterocycles. The fourth-order valence-electron chi connectivity index (χ4n) is 2.32. The summed E-state index contributed by atoms with van der Waals surface area (Å²) < 4.78 is 0. The summed E-state index contributed by atoms with van der Waals surface area (Å²) in [6.07, 6.45) is 2.20. The summed E-state index contributed by atoms with van der Waals surface area (Å²) in [6, 6.07) is 21.2. The first kappa shape index (κ1) is 13.1. The van der Waals surface area contributed by atoms with Crippen LogP contribution < -0.4 is 10.4 Å². The Labute approximate surface area is 110 Å². The summed E-state index contributed by atoms with van der Waals surface area (Å²) >= 11 is 0. The van der Waals surface area contributed by atoms with Gasteiger partial charge in [0.25, 0.3) is 8.32 Å². The molecule has 1 N–H and O–H groups in total. The molecule has 1 nitrogen and oxygen atoms in total. The SMILES string of the molecule is CCCC[Si](O)(c1ccccc1)c1ccccc1. The summed E-state index contributed by atoms with van der Waals surface area (Å²) in [5.41, 5.74) is 0. The summed E-state index contributed by atoms with van der Waals surface area (Å²) in [7, 11) is -2.52. The van der Waals surface area contributed by atoms with Gasteiger partial charge in [-0.15, -0.1) is 0 Å². The van der Waals surface area contributed by atoms with Crippen LogP contribution in [-0.4, -0.2) is 13.1 Å². The predicted molar refractivity (Wildman–Crippen MR) is 79.8 cm³/mol. The van der Waals surface area contributed by atoms with Crippen LogP contribution in [0.1, 0.15) is 19.8 Å². The first-order chi connectivity index (χ1) is 8.77. The van der Waals surface area contributed by atoms with E-state index in [-0.39, 0.29) is 0 Å².